The van der Waals surface area contributed by atoms with Crippen LogP contribution in [-0.4, -0.2) is 40.8 Å². The number of nitrogens with zero attached hydrogens (tertiary/aromatic N) is 1. The number of hydrogen-bond donors (Lipinski definition) is 2. The van der Waals surface area contributed by atoms with E-state index in [1.807, 2.05) is 32.9 Å². The standard InChI is InChI=1S/C17H25BrN2O3/c1-5-14(13-8-11(18)6-7-15(13)21)19-12-9-20(10-12)16(22)23-17(2,3)4/h6-8,12,14,19,21H,5,9-10H2,1-4H3. The van der Waals surface area contributed by atoms with Gasteiger partial charge in [0.05, 0.1) is 0 Å². The van der Waals surface area contributed by atoms with Crippen LogP contribution in [-0.2, 0) is 4.74 Å². The van der Waals surface area contributed by atoms with Crippen molar-refractivity contribution in [1.82, 2.24) is 10.2 Å². The minimum absolute atomic E-state index is 0.0540. The molecule has 1 heterocycles. The summed E-state index contributed by atoms with van der Waals surface area (Å²) in [5.41, 5.74) is 0.404. The average molecular weight is 385 g/mol. The molecule has 1 aliphatic heterocycles. The van der Waals surface area contributed by atoms with E-state index in [1.165, 1.54) is 0 Å². The van der Waals surface area contributed by atoms with Crippen LogP contribution in [0.2, 0.25) is 0 Å². The maximum atomic E-state index is 11.9. The van der Waals surface area contributed by atoms with Crippen LogP contribution in [0.3, 0.4) is 0 Å². The van der Waals surface area contributed by atoms with Crippen molar-refractivity contribution in [3.8, 4) is 5.75 Å². The van der Waals surface area contributed by atoms with Gasteiger partial charge in [0.1, 0.15) is 11.4 Å². The molecule has 128 valence electrons. The molecular formula is C17H25BrN2O3. The third-order valence-electron chi connectivity index (χ3n) is 3.74. The molecule has 2 N–H and O–H groups in total. The highest BCUT2D eigenvalue weighted by atomic mass is 79.9. The van der Waals surface area contributed by atoms with E-state index in [0.29, 0.717) is 13.1 Å². The zero-order chi connectivity index (χ0) is 17.2. The van der Waals surface area contributed by atoms with Crippen LogP contribution in [0.5, 0.6) is 5.75 Å². The van der Waals surface area contributed by atoms with Gasteiger partial charge in [-0.3, -0.25) is 0 Å². The number of likely N-dealkylation sites (tertiary alicyclic amines) is 1. The SMILES string of the molecule is CCC(NC1CN(C(=O)OC(C)(C)C)C1)c1cc(Br)ccc1O. The van der Waals surface area contributed by atoms with Crippen LogP contribution in [0.15, 0.2) is 22.7 Å². The molecule has 5 nitrogen and oxygen atoms in total. The number of halogens is 1. The van der Waals surface area contributed by atoms with E-state index in [9.17, 15) is 9.90 Å². The van der Waals surface area contributed by atoms with Gasteiger partial charge < -0.3 is 20.1 Å². The minimum atomic E-state index is -0.469. The van der Waals surface area contributed by atoms with E-state index in [0.717, 1.165) is 16.5 Å². The Kier molecular flexibility index (Phi) is 5.57. The summed E-state index contributed by atoms with van der Waals surface area (Å²) in [6.07, 6.45) is 0.585. The smallest absolute Gasteiger partial charge is 0.410 e. The van der Waals surface area contributed by atoms with Gasteiger partial charge in [-0.25, -0.2) is 4.79 Å². The molecular weight excluding hydrogens is 360 g/mol. The monoisotopic (exact) mass is 384 g/mol. The van der Waals surface area contributed by atoms with Crippen molar-refractivity contribution in [2.24, 2.45) is 0 Å². The Labute approximate surface area is 146 Å². The van der Waals surface area contributed by atoms with Crippen molar-refractivity contribution in [3.05, 3.63) is 28.2 Å². The van der Waals surface area contributed by atoms with E-state index in [4.69, 9.17) is 4.74 Å². The van der Waals surface area contributed by atoms with Crippen molar-refractivity contribution < 1.29 is 14.6 Å². The molecule has 0 aliphatic carbocycles. The van der Waals surface area contributed by atoms with Gasteiger partial charge in [-0.15, -0.1) is 0 Å². The number of benzene rings is 1. The summed E-state index contributed by atoms with van der Waals surface area (Å²) >= 11 is 3.44. The van der Waals surface area contributed by atoms with Crippen molar-refractivity contribution in [2.75, 3.05) is 13.1 Å². The fourth-order valence-electron chi connectivity index (χ4n) is 2.58. The van der Waals surface area contributed by atoms with Gasteiger partial charge in [0.25, 0.3) is 0 Å². The molecule has 1 atom stereocenters. The van der Waals surface area contributed by atoms with Crippen molar-refractivity contribution in [1.29, 1.82) is 0 Å². The van der Waals surface area contributed by atoms with E-state index in [2.05, 4.69) is 28.2 Å². The lowest BCUT2D eigenvalue weighted by molar-refractivity contribution is 0.00404. The molecule has 0 saturated carbocycles. The summed E-state index contributed by atoms with van der Waals surface area (Å²) in [5, 5.41) is 13.6. The number of phenolic OH excluding ortho intramolecular Hbond substituents is 1. The molecule has 0 bridgehead atoms. The average Bonchev–Trinajstić information content (AvgIpc) is 2.38. The number of amides is 1. The van der Waals surface area contributed by atoms with Gasteiger partial charge in [0.15, 0.2) is 0 Å². The Bertz CT molecular complexity index is 565. The Hall–Kier alpha value is -1.27. The first-order chi connectivity index (χ1) is 10.7. The van der Waals surface area contributed by atoms with E-state index in [1.54, 1.807) is 11.0 Å². The number of phenols is 1. The van der Waals surface area contributed by atoms with Gasteiger partial charge in [-0.05, 0) is 45.4 Å². The fraction of sp³-hybridized carbons (Fsp3) is 0.588. The summed E-state index contributed by atoms with van der Waals surface area (Å²) < 4.78 is 6.29. The lowest BCUT2D eigenvalue weighted by Crippen LogP contribution is -2.61. The lowest BCUT2D eigenvalue weighted by Gasteiger charge is -2.41. The number of rotatable bonds is 4. The highest BCUT2D eigenvalue weighted by Crippen LogP contribution is 2.30. The molecule has 1 unspecified atom stereocenters. The first kappa shape index (κ1) is 18.1. The normalized spacial score (nSPS) is 16.8. The van der Waals surface area contributed by atoms with E-state index >= 15 is 0 Å². The molecule has 23 heavy (non-hydrogen) atoms. The molecule has 0 radical (unpaired) electrons. The summed E-state index contributed by atoms with van der Waals surface area (Å²) in [4.78, 5) is 13.6. The zero-order valence-corrected chi connectivity index (χ0v) is 15.7. The van der Waals surface area contributed by atoms with Gasteiger partial charge in [0, 0.05) is 35.2 Å². The summed E-state index contributed by atoms with van der Waals surface area (Å²) in [5.74, 6) is 0.288. The van der Waals surface area contributed by atoms with Gasteiger partial charge in [0.2, 0.25) is 0 Å². The van der Waals surface area contributed by atoms with Crippen LogP contribution in [0.25, 0.3) is 0 Å². The molecule has 1 saturated heterocycles. The van der Waals surface area contributed by atoms with Crippen LogP contribution >= 0.6 is 15.9 Å². The number of carbonyl (C=O) groups is 1. The number of nitrogens with one attached hydrogen (secondary N) is 1. The molecule has 1 aromatic carbocycles. The molecule has 0 spiro atoms. The molecule has 1 aliphatic rings. The van der Waals surface area contributed by atoms with Crippen molar-refractivity contribution in [2.45, 2.75) is 51.8 Å². The Morgan fingerprint density at radius 2 is 2.13 bits per heavy atom. The maximum absolute atomic E-state index is 11.9. The van der Waals surface area contributed by atoms with Gasteiger partial charge in [-0.1, -0.05) is 22.9 Å². The molecule has 1 aromatic rings. The van der Waals surface area contributed by atoms with Gasteiger partial charge >= 0.3 is 6.09 Å². The largest absolute Gasteiger partial charge is 0.508 e. The molecule has 1 fully saturated rings. The van der Waals surface area contributed by atoms with E-state index < -0.39 is 5.60 Å². The van der Waals surface area contributed by atoms with Crippen molar-refractivity contribution in [3.63, 3.8) is 0 Å². The Balaban J connectivity index is 1.90. The second kappa shape index (κ2) is 7.09. The lowest BCUT2D eigenvalue weighted by atomic mass is 10.0. The predicted molar refractivity (Wildman–Crippen MR) is 93.6 cm³/mol. The molecule has 6 heteroatoms. The first-order valence-corrected chi connectivity index (χ1v) is 8.71. The molecule has 1 amide bonds. The molecule has 2 rings (SSSR count). The zero-order valence-electron chi connectivity index (χ0n) is 14.1. The highest BCUT2D eigenvalue weighted by molar-refractivity contribution is 9.10. The summed E-state index contributed by atoms with van der Waals surface area (Å²) in [6, 6.07) is 5.71. The number of carbonyl (C=O) groups excluding carboxylic acids is 1. The first-order valence-electron chi connectivity index (χ1n) is 7.92. The Morgan fingerprint density at radius 1 is 1.48 bits per heavy atom. The predicted octanol–water partition coefficient (Wildman–Crippen LogP) is 3.81. The summed E-state index contributed by atoms with van der Waals surface area (Å²) in [7, 11) is 0. The Morgan fingerprint density at radius 3 is 2.70 bits per heavy atom. The quantitative estimate of drug-likeness (QED) is 0.828. The van der Waals surface area contributed by atoms with Crippen LogP contribution in [0.1, 0.15) is 45.7 Å². The third kappa shape index (κ3) is 4.85. The topological polar surface area (TPSA) is 61.8 Å². The van der Waals surface area contributed by atoms with Crippen LogP contribution in [0, 0.1) is 0 Å². The maximum Gasteiger partial charge on any atom is 0.410 e. The number of ether oxygens (including phenoxy) is 1. The number of hydrogen-bond acceptors (Lipinski definition) is 4. The second-order valence-corrected chi connectivity index (χ2v) is 7.83. The van der Waals surface area contributed by atoms with Crippen LogP contribution in [0.4, 0.5) is 4.79 Å². The highest BCUT2D eigenvalue weighted by Gasteiger charge is 2.34. The van der Waals surface area contributed by atoms with E-state index in [-0.39, 0.29) is 23.9 Å². The number of aromatic hydroxyl groups is 1. The molecule has 0 aromatic heterocycles. The van der Waals surface area contributed by atoms with Gasteiger partial charge in [-0.2, -0.15) is 0 Å². The van der Waals surface area contributed by atoms with Crippen LogP contribution < -0.4 is 5.32 Å². The van der Waals surface area contributed by atoms with Crippen molar-refractivity contribution >= 4 is 22.0 Å². The second-order valence-electron chi connectivity index (χ2n) is 6.91. The fourth-order valence-corrected chi connectivity index (χ4v) is 2.95. The minimum Gasteiger partial charge on any atom is -0.508 e. The third-order valence-corrected chi connectivity index (χ3v) is 4.24. The summed E-state index contributed by atoms with van der Waals surface area (Å²) in [6.45, 7) is 8.92.